The van der Waals surface area contributed by atoms with Crippen molar-refractivity contribution in [2.45, 2.75) is 0 Å². The minimum absolute atomic E-state index is 0.343. The molecule has 0 aliphatic carbocycles. The van der Waals surface area contributed by atoms with Crippen molar-refractivity contribution in [1.82, 2.24) is 5.32 Å². The molecule has 2 amide bonds. The lowest BCUT2D eigenvalue weighted by molar-refractivity contribution is 0.255. The number of aliphatic imine (C=N–C) groups is 1. The van der Waals surface area contributed by atoms with Gasteiger partial charge < -0.3 is 4.42 Å². The first kappa shape index (κ1) is 10.6. The lowest BCUT2D eigenvalue weighted by Gasteiger charge is -2.03. The van der Waals surface area contributed by atoms with E-state index in [9.17, 15) is 4.79 Å². The van der Waals surface area contributed by atoms with Gasteiger partial charge in [0.1, 0.15) is 0 Å². The van der Waals surface area contributed by atoms with Crippen LogP contribution in [-0.2, 0) is 0 Å². The maximum absolute atomic E-state index is 11.4. The zero-order valence-corrected chi connectivity index (χ0v) is 10.0. The van der Waals surface area contributed by atoms with Gasteiger partial charge in [0.2, 0.25) is 5.88 Å². The molecule has 0 bridgehead atoms. The maximum Gasteiger partial charge on any atom is 0.327 e. The molecule has 7 heteroatoms. The lowest BCUT2D eigenvalue weighted by Crippen LogP contribution is -2.31. The van der Waals surface area contributed by atoms with Gasteiger partial charge in [-0.05, 0) is 22.0 Å². The third-order valence-corrected chi connectivity index (χ3v) is 2.93. The van der Waals surface area contributed by atoms with Gasteiger partial charge in [0.05, 0.1) is 6.54 Å². The summed E-state index contributed by atoms with van der Waals surface area (Å²) in [6, 6.07) is 3.02. The quantitative estimate of drug-likeness (QED) is 0.833. The van der Waals surface area contributed by atoms with Gasteiger partial charge in [0.25, 0.3) is 0 Å². The van der Waals surface area contributed by atoms with E-state index in [0.29, 0.717) is 15.7 Å². The van der Waals surface area contributed by atoms with Crippen molar-refractivity contribution in [3.8, 4) is 0 Å². The number of carbonyl (C=O) groups excluding carboxylic acids is 1. The topological polar surface area (TPSA) is 66.6 Å². The van der Waals surface area contributed by atoms with Gasteiger partial charge in [-0.1, -0.05) is 11.8 Å². The van der Waals surface area contributed by atoms with Gasteiger partial charge in [0, 0.05) is 11.8 Å². The van der Waals surface area contributed by atoms with E-state index in [0.717, 1.165) is 12.3 Å². The standard InChI is InChI=1S/C8H8BrN3O2S/c9-5-1-2-6(14-5)11-7(13)12-8-10-3-4-15-8/h1-2H,3-4H2,(H2,10,11,12,13). The first-order valence-corrected chi connectivity index (χ1v) is 6.02. The highest BCUT2D eigenvalue weighted by atomic mass is 79.9. The number of urea groups is 1. The van der Waals surface area contributed by atoms with Crippen LogP contribution in [0.2, 0.25) is 0 Å². The van der Waals surface area contributed by atoms with Crippen molar-refractivity contribution < 1.29 is 9.21 Å². The third kappa shape index (κ3) is 3.00. The molecule has 2 heterocycles. The molecule has 80 valence electrons. The lowest BCUT2D eigenvalue weighted by atomic mass is 10.6. The first-order valence-electron chi connectivity index (χ1n) is 4.24. The number of rotatable bonds is 1. The number of nitrogens with one attached hydrogen (secondary N) is 2. The number of halogens is 1. The number of amidine groups is 1. The van der Waals surface area contributed by atoms with E-state index in [1.54, 1.807) is 12.1 Å². The fraction of sp³-hybridized carbons (Fsp3) is 0.250. The Bertz CT molecular complexity index is 404. The van der Waals surface area contributed by atoms with E-state index in [1.165, 1.54) is 11.8 Å². The SMILES string of the molecule is O=C(NC1=NCCS1)Nc1ccc(Br)o1. The Labute approximate surface area is 98.8 Å². The Hall–Kier alpha value is -0.950. The van der Waals surface area contributed by atoms with Gasteiger partial charge >= 0.3 is 6.03 Å². The number of anilines is 1. The van der Waals surface area contributed by atoms with Crippen LogP contribution in [0.15, 0.2) is 26.2 Å². The molecule has 0 fully saturated rings. The number of amides is 2. The molecule has 0 unspecified atom stereocenters. The summed E-state index contributed by atoms with van der Waals surface area (Å²) in [5, 5.41) is 5.82. The first-order chi connectivity index (χ1) is 7.24. The monoisotopic (exact) mass is 289 g/mol. The zero-order chi connectivity index (χ0) is 10.7. The molecule has 0 aromatic carbocycles. The van der Waals surface area contributed by atoms with Crippen molar-refractivity contribution in [2.24, 2.45) is 4.99 Å². The minimum atomic E-state index is -0.343. The molecular weight excluding hydrogens is 282 g/mol. The summed E-state index contributed by atoms with van der Waals surface area (Å²) in [5.74, 6) is 1.31. The van der Waals surface area contributed by atoms with Crippen LogP contribution in [-0.4, -0.2) is 23.5 Å². The predicted molar refractivity (Wildman–Crippen MR) is 63.3 cm³/mol. The summed E-state index contributed by atoms with van der Waals surface area (Å²) in [4.78, 5) is 15.5. The largest absolute Gasteiger partial charge is 0.434 e. The molecule has 1 aromatic heterocycles. The molecule has 0 radical (unpaired) electrons. The minimum Gasteiger partial charge on any atom is -0.434 e. The molecule has 0 spiro atoms. The summed E-state index contributed by atoms with van der Waals surface area (Å²) in [6.07, 6.45) is 0. The molecule has 0 saturated heterocycles. The van der Waals surface area contributed by atoms with Crippen LogP contribution in [0.25, 0.3) is 0 Å². The molecule has 1 aromatic rings. The second-order valence-corrected chi connectivity index (χ2v) is 4.58. The van der Waals surface area contributed by atoms with Crippen molar-refractivity contribution in [3.05, 3.63) is 16.8 Å². The zero-order valence-electron chi connectivity index (χ0n) is 7.62. The Balaban J connectivity index is 1.87. The molecule has 0 atom stereocenters. The van der Waals surface area contributed by atoms with Gasteiger partial charge in [-0.2, -0.15) is 0 Å². The predicted octanol–water partition coefficient (Wildman–Crippen LogP) is 2.27. The number of carbonyl (C=O) groups is 1. The van der Waals surface area contributed by atoms with Gasteiger partial charge in [-0.15, -0.1) is 0 Å². The molecule has 2 rings (SSSR count). The molecule has 15 heavy (non-hydrogen) atoms. The van der Waals surface area contributed by atoms with E-state index in [1.807, 2.05) is 0 Å². The van der Waals surface area contributed by atoms with Crippen LogP contribution in [0, 0.1) is 0 Å². The average molecular weight is 290 g/mol. The average Bonchev–Trinajstić information content (AvgIpc) is 2.77. The normalized spacial score (nSPS) is 14.9. The molecule has 0 saturated carbocycles. The highest BCUT2D eigenvalue weighted by molar-refractivity contribution is 9.10. The molecule has 1 aliphatic heterocycles. The molecular formula is C8H8BrN3O2S. The van der Waals surface area contributed by atoms with Crippen molar-refractivity contribution >= 4 is 44.8 Å². The van der Waals surface area contributed by atoms with Crippen molar-refractivity contribution in [3.63, 3.8) is 0 Å². The van der Waals surface area contributed by atoms with E-state index in [2.05, 4.69) is 31.6 Å². The third-order valence-electron chi connectivity index (χ3n) is 1.62. The fourth-order valence-electron chi connectivity index (χ4n) is 1.03. The maximum atomic E-state index is 11.4. The number of thioether (sulfide) groups is 1. The van der Waals surface area contributed by atoms with Gasteiger partial charge in [0.15, 0.2) is 9.84 Å². The summed E-state index contributed by atoms with van der Waals surface area (Å²) < 4.78 is 5.69. The molecule has 1 aliphatic rings. The summed E-state index contributed by atoms with van der Waals surface area (Å²) in [5.41, 5.74) is 0. The second-order valence-electron chi connectivity index (χ2n) is 2.72. The Morgan fingerprint density at radius 2 is 2.40 bits per heavy atom. The highest BCUT2D eigenvalue weighted by Crippen LogP contribution is 2.18. The smallest absolute Gasteiger partial charge is 0.327 e. The van der Waals surface area contributed by atoms with Crippen LogP contribution in [0.4, 0.5) is 10.7 Å². The second kappa shape index (κ2) is 4.71. The molecule has 5 nitrogen and oxygen atoms in total. The number of furan rings is 1. The van der Waals surface area contributed by atoms with Crippen LogP contribution >= 0.6 is 27.7 Å². The van der Waals surface area contributed by atoms with Gasteiger partial charge in [-0.25, -0.2) is 4.79 Å². The summed E-state index contributed by atoms with van der Waals surface area (Å²) in [6.45, 7) is 0.757. The van der Waals surface area contributed by atoms with E-state index < -0.39 is 0 Å². The highest BCUT2D eigenvalue weighted by Gasteiger charge is 2.11. The van der Waals surface area contributed by atoms with E-state index in [4.69, 9.17) is 4.42 Å². The summed E-state index contributed by atoms with van der Waals surface area (Å²) >= 11 is 4.67. The van der Waals surface area contributed by atoms with Crippen LogP contribution < -0.4 is 10.6 Å². The van der Waals surface area contributed by atoms with Crippen molar-refractivity contribution in [1.29, 1.82) is 0 Å². The fourth-order valence-corrected chi connectivity index (χ4v) is 2.06. The number of hydrogen-bond acceptors (Lipinski definition) is 4. The Morgan fingerprint density at radius 1 is 1.53 bits per heavy atom. The Kier molecular flexibility index (Phi) is 3.32. The Morgan fingerprint density at radius 3 is 3.00 bits per heavy atom. The van der Waals surface area contributed by atoms with Crippen LogP contribution in [0.3, 0.4) is 0 Å². The number of hydrogen-bond donors (Lipinski definition) is 2. The van der Waals surface area contributed by atoms with Crippen LogP contribution in [0.1, 0.15) is 0 Å². The van der Waals surface area contributed by atoms with E-state index >= 15 is 0 Å². The van der Waals surface area contributed by atoms with E-state index in [-0.39, 0.29) is 6.03 Å². The summed E-state index contributed by atoms with van der Waals surface area (Å²) in [7, 11) is 0. The van der Waals surface area contributed by atoms with Crippen LogP contribution in [0.5, 0.6) is 0 Å². The number of nitrogens with zero attached hydrogens (tertiary/aromatic N) is 1. The molecule has 2 N–H and O–H groups in total. The van der Waals surface area contributed by atoms with Gasteiger partial charge in [-0.3, -0.25) is 15.6 Å². The van der Waals surface area contributed by atoms with Crippen molar-refractivity contribution in [2.75, 3.05) is 17.6 Å².